The summed E-state index contributed by atoms with van der Waals surface area (Å²) >= 11 is 9.88. The Hall–Kier alpha value is -4.80. The molecule has 0 aliphatic heterocycles. The van der Waals surface area contributed by atoms with Gasteiger partial charge in [0, 0.05) is 21.5 Å². The summed E-state index contributed by atoms with van der Waals surface area (Å²) in [4.78, 5) is 29.5. The van der Waals surface area contributed by atoms with Gasteiger partial charge in [0.05, 0.1) is 27.1 Å². The number of benzene rings is 4. The Morgan fingerprint density at radius 1 is 1.05 bits per heavy atom. The van der Waals surface area contributed by atoms with Crippen molar-refractivity contribution in [1.82, 2.24) is 9.66 Å². The maximum Gasteiger partial charge on any atom is 0.313 e. The van der Waals surface area contributed by atoms with Crippen molar-refractivity contribution >= 4 is 61.3 Å². The number of fused-ring (bicyclic) bond motifs is 2. The van der Waals surface area contributed by atoms with Gasteiger partial charge in [0.15, 0.2) is 5.76 Å². The van der Waals surface area contributed by atoms with E-state index in [0.717, 1.165) is 20.1 Å². The molecule has 0 atom stereocenters. The molecular formula is C30H18BrClN4O5. The van der Waals surface area contributed by atoms with Gasteiger partial charge in [-0.1, -0.05) is 70.0 Å². The molecule has 2 aromatic heterocycles. The molecule has 0 radical (unpaired) electrons. The van der Waals surface area contributed by atoms with E-state index in [2.05, 4.69) is 26.0 Å². The summed E-state index contributed by atoms with van der Waals surface area (Å²) in [6.07, 6.45) is 1.31. The molecule has 0 saturated carbocycles. The number of nitrogens with zero attached hydrogens (tertiary/aromatic N) is 4. The van der Waals surface area contributed by atoms with Crippen LogP contribution in [0.1, 0.15) is 11.1 Å². The Labute approximate surface area is 245 Å². The van der Waals surface area contributed by atoms with Gasteiger partial charge < -0.3 is 9.15 Å². The Morgan fingerprint density at radius 3 is 2.63 bits per heavy atom. The molecular weight excluding hydrogens is 612 g/mol. The SMILES string of the molecule is O=c1c2ccccc2nc(-c2cc3cc(Br)ccc3o2)n1N=Cc1cc(Cl)c(OCc2ccccc2)c([N+](=O)[O-])c1. The summed E-state index contributed by atoms with van der Waals surface area (Å²) < 4.78 is 13.7. The number of furan rings is 1. The summed E-state index contributed by atoms with van der Waals surface area (Å²) in [6.45, 7) is 0.102. The quantitative estimate of drug-likeness (QED) is 0.102. The highest BCUT2D eigenvalue weighted by atomic mass is 79.9. The van der Waals surface area contributed by atoms with Gasteiger partial charge in [-0.05, 0) is 48.0 Å². The minimum Gasteiger partial charge on any atom is -0.481 e. The van der Waals surface area contributed by atoms with Crippen LogP contribution < -0.4 is 10.3 Å². The molecule has 6 aromatic rings. The number of hydrogen-bond donors (Lipinski definition) is 0. The highest BCUT2D eigenvalue weighted by Gasteiger charge is 2.21. The number of rotatable bonds is 7. The van der Waals surface area contributed by atoms with E-state index in [4.69, 9.17) is 20.8 Å². The van der Waals surface area contributed by atoms with Crippen LogP contribution in [0, 0.1) is 10.1 Å². The molecule has 0 aliphatic carbocycles. The lowest BCUT2D eigenvalue weighted by Crippen LogP contribution is -2.20. The monoisotopic (exact) mass is 628 g/mol. The molecule has 202 valence electrons. The second-order valence-electron chi connectivity index (χ2n) is 8.99. The van der Waals surface area contributed by atoms with Gasteiger partial charge in [0.2, 0.25) is 11.6 Å². The van der Waals surface area contributed by atoms with E-state index in [1.54, 1.807) is 36.4 Å². The van der Waals surface area contributed by atoms with Gasteiger partial charge in [-0.3, -0.25) is 14.9 Å². The van der Waals surface area contributed by atoms with Crippen molar-refractivity contribution in [2.24, 2.45) is 5.10 Å². The second-order valence-corrected chi connectivity index (χ2v) is 10.3. The molecule has 0 bridgehead atoms. The Balaban J connectivity index is 1.43. The number of hydrogen-bond acceptors (Lipinski definition) is 7. The fraction of sp³-hybridized carbons (Fsp3) is 0.0333. The van der Waals surface area contributed by atoms with Crippen LogP contribution >= 0.6 is 27.5 Å². The number of aromatic nitrogens is 2. The largest absolute Gasteiger partial charge is 0.481 e. The van der Waals surface area contributed by atoms with Crippen LogP contribution in [0.2, 0.25) is 5.02 Å². The highest BCUT2D eigenvalue weighted by Crippen LogP contribution is 2.36. The molecule has 6 rings (SSSR count). The molecule has 2 heterocycles. The van der Waals surface area contributed by atoms with Crippen molar-refractivity contribution in [3.63, 3.8) is 0 Å². The van der Waals surface area contributed by atoms with Crippen molar-refractivity contribution in [1.29, 1.82) is 0 Å². The highest BCUT2D eigenvalue weighted by molar-refractivity contribution is 9.10. The first-order valence-corrected chi connectivity index (χ1v) is 13.4. The number of para-hydroxylation sites is 1. The van der Waals surface area contributed by atoms with Crippen LogP contribution in [0.4, 0.5) is 5.69 Å². The molecule has 0 fully saturated rings. The smallest absolute Gasteiger partial charge is 0.313 e. The number of ether oxygens (including phenoxy) is 1. The molecule has 0 N–H and O–H groups in total. The maximum atomic E-state index is 13.5. The van der Waals surface area contributed by atoms with Crippen molar-refractivity contribution in [3.8, 4) is 17.3 Å². The first-order valence-electron chi connectivity index (χ1n) is 12.3. The van der Waals surface area contributed by atoms with Gasteiger partial charge in [-0.15, -0.1) is 0 Å². The van der Waals surface area contributed by atoms with Crippen molar-refractivity contribution < 1.29 is 14.1 Å². The van der Waals surface area contributed by atoms with E-state index < -0.39 is 10.5 Å². The summed E-state index contributed by atoms with van der Waals surface area (Å²) in [5.74, 6) is 0.434. The van der Waals surface area contributed by atoms with Crippen LogP contribution in [-0.4, -0.2) is 20.8 Å². The average Bonchev–Trinajstić information content (AvgIpc) is 3.39. The van der Waals surface area contributed by atoms with Gasteiger partial charge in [-0.2, -0.15) is 9.78 Å². The molecule has 41 heavy (non-hydrogen) atoms. The lowest BCUT2D eigenvalue weighted by atomic mass is 10.2. The normalized spacial score (nSPS) is 11.5. The second kappa shape index (κ2) is 11.0. The predicted octanol–water partition coefficient (Wildman–Crippen LogP) is 7.60. The zero-order valence-corrected chi connectivity index (χ0v) is 23.4. The molecule has 0 aliphatic rings. The fourth-order valence-electron chi connectivity index (χ4n) is 4.32. The molecule has 0 unspecified atom stereocenters. The third-order valence-corrected chi connectivity index (χ3v) is 7.02. The van der Waals surface area contributed by atoms with E-state index in [1.165, 1.54) is 18.3 Å². The number of nitro groups is 1. The lowest BCUT2D eigenvalue weighted by Gasteiger charge is -2.10. The summed E-state index contributed by atoms with van der Waals surface area (Å²) in [6, 6.07) is 26.2. The number of nitro benzene ring substituents is 1. The Bertz CT molecular complexity index is 2040. The minimum atomic E-state index is -0.578. The van der Waals surface area contributed by atoms with Crippen LogP contribution in [0.3, 0.4) is 0 Å². The molecule has 4 aromatic carbocycles. The maximum absolute atomic E-state index is 13.5. The minimum absolute atomic E-state index is 0.0312. The number of halogens is 2. The van der Waals surface area contributed by atoms with Crippen LogP contribution in [0.25, 0.3) is 33.5 Å². The molecule has 0 amide bonds. The van der Waals surface area contributed by atoms with E-state index >= 15 is 0 Å². The van der Waals surface area contributed by atoms with Crippen LogP contribution in [-0.2, 0) is 6.61 Å². The molecule has 0 spiro atoms. The summed E-state index contributed by atoms with van der Waals surface area (Å²) in [5.41, 5.74) is 1.42. The summed E-state index contributed by atoms with van der Waals surface area (Å²) in [7, 11) is 0. The van der Waals surface area contributed by atoms with E-state index in [-0.39, 0.29) is 34.5 Å². The topological polar surface area (TPSA) is 113 Å². The van der Waals surface area contributed by atoms with Gasteiger partial charge in [0.1, 0.15) is 12.2 Å². The molecule has 11 heteroatoms. The average molecular weight is 630 g/mol. The van der Waals surface area contributed by atoms with Crippen LogP contribution in [0.5, 0.6) is 5.75 Å². The van der Waals surface area contributed by atoms with Gasteiger partial charge in [0.25, 0.3) is 5.56 Å². The van der Waals surface area contributed by atoms with E-state index in [0.29, 0.717) is 22.2 Å². The Kier molecular flexibility index (Phi) is 7.08. The van der Waals surface area contributed by atoms with E-state index in [1.807, 2.05) is 42.5 Å². The zero-order valence-electron chi connectivity index (χ0n) is 21.0. The van der Waals surface area contributed by atoms with Gasteiger partial charge >= 0.3 is 5.69 Å². The molecule has 9 nitrogen and oxygen atoms in total. The fourth-order valence-corrected chi connectivity index (χ4v) is 4.98. The van der Waals surface area contributed by atoms with Crippen molar-refractivity contribution in [2.75, 3.05) is 0 Å². The zero-order chi connectivity index (χ0) is 28.5. The predicted molar refractivity (Wildman–Crippen MR) is 161 cm³/mol. The van der Waals surface area contributed by atoms with Crippen molar-refractivity contribution in [3.05, 3.63) is 132 Å². The Morgan fingerprint density at radius 2 is 1.83 bits per heavy atom. The summed E-state index contributed by atoms with van der Waals surface area (Å²) in [5, 5.41) is 17.5. The third-order valence-electron chi connectivity index (χ3n) is 6.24. The molecule has 0 saturated heterocycles. The van der Waals surface area contributed by atoms with Crippen LogP contribution in [0.15, 0.2) is 110 Å². The lowest BCUT2D eigenvalue weighted by molar-refractivity contribution is -0.385. The van der Waals surface area contributed by atoms with Gasteiger partial charge in [-0.25, -0.2) is 4.98 Å². The van der Waals surface area contributed by atoms with Crippen molar-refractivity contribution in [2.45, 2.75) is 6.61 Å². The first kappa shape index (κ1) is 26.4. The standard InChI is InChI=1S/C30H18BrClN4O5/c31-21-10-11-26-20(14-21)15-27(41-26)29-34-24-9-5-4-8-22(24)30(37)35(29)33-16-19-12-23(32)28(25(13-19)36(38)39)40-17-18-6-2-1-3-7-18/h1-16H,17H2. The van der Waals surface area contributed by atoms with E-state index in [9.17, 15) is 14.9 Å². The first-order chi connectivity index (χ1) is 19.9. The third kappa shape index (κ3) is 5.34.